The number of carbonyl (C=O) groups excluding carboxylic acids is 1. The van der Waals surface area contributed by atoms with Gasteiger partial charge in [-0.2, -0.15) is 18.3 Å². The van der Waals surface area contributed by atoms with Crippen molar-refractivity contribution in [3.05, 3.63) is 70.3 Å². The van der Waals surface area contributed by atoms with E-state index in [0.29, 0.717) is 23.2 Å². The number of fused-ring (bicyclic) bond motifs is 1. The molecule has 4 aromatic rings. The molecule has 0 spiro atoms. The largest absolute Gasteiger partial charge is 0.416 e. The zero-order valence-electron chi connectivity index (χ0n) is 21.2. The van der Waals surface area contributed by atoms with Gasteiger partial charge in [0.25, 0.3) is 5.91 Å². The molecule has 0 atom stereocenters. The molecule has 0 radical (unpaired) electrons. The summed E-state index contributed by atoms with van der Waals surface area (Å²) in [6.45, 7) is 4.74. The molecule has 0 unspecified atom stereocenters. The monoisotopic (exact) mass is 522 g/mol. The quantitative estimate of drug-likeness (QED) is 0.246. The average Bonchev–Trinajstić information content (AvgIpc) is 3.23. The molecule has 2 aromatic heterocycles. The Labute approximate surface area is 218 Å². The molecule has 10 heteroatoms. The van der Waals surface area contributed by atoms with Gasteiger partial charge in [-0.05, 0) is 86.7 Å². The van der Waals surface area contributed by atoms with Gasteiger partial charge in [0, 0.05) is 22.9 Å². The van der Waals surface area contributed by atoms with Gasteiger partial charge in [-0.1, -0.05) is 18.6 Å². The van der Waals surface area contributed by atoms with Gasteiger partial charge in [-0.15, -0.1) is 0 Å². The normalized spacial score (nSPS) is 14.0. The number of halogens is 3. The lowest BCUT2D eigenvalue weighted by Gasteiger charge is -2.27. The highest BCUT2D eigenvalue weighted by molar-refractivity contribution is 6.04. The van der Waals surface area contributed by atoms with E-state index >= 15 is 0 Å². The minimum absolute atomic E-state index is 0.0768. The van der Waals surface area contributed by atoms with Gasteiger partial charge in [0.05, 0.1) is 16.6 Å². The van der Waals surface area contributed by atoms with Gasteiger partial charge in [0.1, 0.15) is 5.82 Å². The van der Waals surface area contributed by atoms with Gasteiger partial charge in [-0.25, -0.2) is 4.98 Å². The van der Waals surface area contributed by atoms with Crippen LogP contribution in [-0.4, -0.2) is 33.7 Å². The summed E-state index contributed by atoms with van der Waals surface area (Å²) in [5, 5.41) is 14.2. The molecule has 1 aliphatic carbocycles. The molecular formula is C28H29F3N6O. The highest BCUT2D eigenvalue weighted by Crippen LogP contribution is 2.35. The van der Waals surface area contributed by atoms with Gasteiger partial charge in [-0.3, -0.25) is 9.89 Å². The highest BCUT2D eigenvalue weighted by atomic mass is 19.4. The van der Waals surface area contributed by atoms with E-state index in [2.05, 4.69) is 20.8 Å². The maximum Gasteiger partial charge on any atom is 0.416 e. The van der Waals surface area contributed by atoms with Crippen molar-refractivity contribution < 1.29 is 18.0 Å². The summed E-state index contributed by atoms with van der Waals surface area (Å²) in [5.74, 6) is -0.168. The third-order valence-corrected chi connectivity index (χ3v) is 7.22. The van der Waals surface area contributed by atoms with Crippen LogP contribution < -0.4 is 16.4 Å². The van der Waals surface area contributed by atoms with Crippen LogP contribution >= 0.6 is 0 Å². The molecule has 5 rings (SSSR count). The van der Waals surface area contributed by atoms with Gasteiger partial charge >= 0.3 is 6.18 Å². The number of benzene rings is 2. The number of nitrogens with one attached hydrogen (secondary N) is 3. The van der Waals surface area contributed by atoms with Crippen LogP contribution in [-0.2, 0) is 12.6 Å². The summed E-state index contributed by atoms with van der Waals surface area (Å²) in [5.41, 5.74) is 10.7. The fraction of sp³-hybridized carbons (Fsp3) is 0.321. The van der Waals surface area contributed by atoms with Gasteiger partial charge in [0.15, 0.2) is 5.65 Å². The minimum atomic E-state index is -4.53. The number of alkyl halides is 3. The molecule has 2 aromatic carbocycles. The van der Waals surface area contributed by atoms with Crippen molar-refractivity contribution >= 4 is 28.4 Å². The Balaban J connectivity index is 1.49. The number of H-pyrrole nitrogens is 1. The number of aromatic nitrogens is 3. The second kappa shape index (κ2) is 10.1. The SMILES string of the molecule is Cc1ccc(NC(=O)c2cccc(C(F)(F)F)c2)cc1-c1nc2n[nH]c(N)c2c(C)c1CCNC1CCC1. The molecule has 2 heterocycles. The number of aryl methyl sites for hydroxylation is 2. The Hall–Kier alpha value is -3.92. The Morgan fingerprint density at radius 1 is 1.16 bits per heavy atom. The lowest BCUT2D eigenvalue weighted by molar-refractivity contribution is -0.137. The summed E-state index contributed by atoms with van der Waals surface area (Å²) in [4.78, 5) is 17.7. The predicted molar refractivity (Wildman–Crippen MR) is 142 cm³/mol. The van der Waals surface area contributed by atoms with Crippen LogP contribution in [0.1, 0.15) is 51.9 Å². The van der Waals surface area contributed by atoms with E-state index in [1.165, 1.54) is 31.4 Å². The number of carbonyl (C=O) groups is 1. The maximum atomic E-state index is 13.1. The number of aromatic amines is 1. The standard InChI is InChI=1S/C28H29F3N6O/c1-15-9-10-20(34-27(38)17-5-3-6-18(13-17)28(29,30)31)14-22(15)24-21(11-12-33-19-7-4-8-19)16(2)23-25(32)36-37-26(23)35-24/h3,5-6,9-10,13-14,19,33H,4,7-8,11-12H2,1-2H3,(H,34,38)(H3,32,35,36,37). The first-order valence-corrected chi connectivity index (χ1v) is 12.6. The molecule has 7 nitrogen and oxygen atoms in total. The lowest BCUT2D eigenvalue weighted by Crippen LogP contribution is -2.36. The molecule has 0 bridgehead atoms. The van der Waals surface area contributed by atoms with Crippen molar-refractivity contribution in [2.75, 3.05) is 17.6 Å². The third kappa shape index (κ3) is 5.08. The summed E-state index contributed by atoms with van der Waals surface area (Å²) in [6.07, 6.45) is -0.186. The van der Waals surface area contributed by atoms with E-state index in [1.807, 2.05) is 19.9 Å². The van der Waals surface area contributed by atoms with Crippen molar-refractivity contribution in [1.29, 1.82) is 0 Å². The first kappa shape index (κ1) is 25.7. The molecule has 1 saturated carbocycles. The minimum Gasteiger partial charge on any atom is -0.384 e. The number of hydrogen-bond donors (Lipinski definition) is 4. The van der Waals surface area contributed by atoms with Gasteiger partial charge in [0.2, 0.25) is 0 Å². The topological polar surface area (TPSA) is 109 Å². The summed E-state index contributed by atoms with van der Waals surface area (Å²) >= 11 is 0. The molecule has 1 aliphatic rings. The smallest absolute Gasteiger partial charge is 0.384 e. The number of nitrogens with two attached hydrogens (primary N) is 1. The maximum absolute atomic E-state index is 13.1. The number of rotatable bonds is 7. The van der Waals surface area contributed by atoms with E-state index in [4.69, 9.17) is 10.7 Å². The first-order valence-electron chi connectivity index (χ1n) is 12.6. The zero-order chi connectivity index (χ0) is 27.0. The number of pyridine rings is 1. The molecule has 1 amide bonds. The molecule has 0 saturated heterocycles. The Kier molecular flexibility index (Phi) is 6.83. The highest BCUT2D eigenvalue weighted by Gasteiger charge is 2.31. The molecule has 5 N–H and O–H groups in total. The van der Waals surface area contributed by atoms with Crippen LogP contribution in [0.3, 0.4) is 0 Å². The van der Waals surface area contributed by atoms with Crippen molar-refractivity contribution in [2.24, 2.45) is 0 Å². The fourth-order valence-corrected chi connectivity index (χ4v) is 4.84. The van der Waals surface area contributed by atoms with E-state index in [-0.39, 0.29) is 5.56 Å². The molecule has 198 valence electrons. The number of nitrogen functional groups attached to an aromatic ring is 1. The molecular weight excluding hydrogens is 493 g/mol. The van der Waals surface area contributed by atoms with Crippen LogP contribution in [0.4, 0.5) is 24.7 Å². The Bertz CT molecular complexity index is 1510. The van der Waals surface area contributed by atoms with E-state index < -0.39 is 17.6 Å². The van der Waals surface area contributed by atoms with Crippen LogP contribution in [0.2, 0.25) is 0 Å². The van der Waals surface area contributed by atoms with Crippen LogP contribution in [0, 0.1) is 13.8 Å². The van der Waals surface area contributed by atoms with Crippen LogP contribution in [0.25, 0.3) is 22.3 Å². The van der Waals surface area contributed by atoms with Crippen LogP contribution in [0.5, 0.6) is 0 Å². The third-order valence-electron chi connectivity index (χ3n) is 7.22. The lowest BCUT2D eigenvalue weighted by atomic mass is 9.92. The number of nitrogens with zero attached hydrogens (tertiary/aromatic N) is 2. The zero-order valence-corrected chi connectivity index (χ0v) is 21.2. The molecule has 1 fully saturated rings. The van der Waals surface area contributed by atoms with Crippen molar-refractivity contribution in [3.63, 3.8) is 0 Å². The second-order valence-corrected chi connectivity index (χ2v) is 9.79. The Morgan fingerprint density at radius 3 is 2.66 bits per heavy atom. The first-order chi connectivity index (χ1) is 18.1. The van der Waals surface area contributed by atoms with Crippen molar-refractivity contribution in [1.82, 2.24) is 20.5 Å². The van der Waals surface area contributed by atoms with E-state index in [0.717, 1.165) is 58.4 Å². The summed E-state index contributed by atoms with van der Waals surface area (Å²) < 4.78 is 39.4. The molecule has 38 heavy (non-hydrogen) atoms. The fourth-order valence-electron chi connectivity index (χ4n) is 4.84. The van der Waals surface area contributed by atoms with Crippen LogP contribution in [0.15, 0.2) is 42.5 Å². The van der Waals surface area contributed by atoms with E-state index in [1.54, 1.807) is 12.1 Å². The van der Waals surface area contributed by atoms with Crippen molar-refractivity contribution in [3.8, 4) is 11.3 Å². The second-order valence-electron chi connectivity index (χ2n) is 9.79. The summed E-state index contributed by atoms with van der Waals surface area (Å²) in [6, 6.07) is 10.3. The van der Waals surface area contributed by atoms with Crippen molar-refractivity contribution in [2.45, 2.75) is 51.7 Å². The average molecular weight is 523 g/mol. The number of anilines is 2. The van der Waals surface area contributed by atoms with E-state index in [9.17, 15) is 18.0 Å². The number of hydrogen-bond acceptors (Lipinski definition) is 5. The molecule has 0 aliphatic heterocycles. The Morgan fingerprint density at radius 2 is 1.95 bits per heavy atom. The van der Waals surface area contributed by atoms with Gasteiger partial charge < -0.3 is 16.4 Å². The number of amides is 1. The summed E-state index contributed by atoms with van der Waals surface area (Å²) in [7, 11) is 0. The predicted octanol–water partition coefficient (Wildman–Crippen LogP) is 5.78.